The molecule has 0 radical (unpaired) electrons. The van der Waals surface area contributed by atoms with Crippen molar-refractivity contribution in [2.45, 2.75) is 46.0 Å². The van der Waals surface area contributed by atoms with Crippen LogP contribution in [0.4, 0.5) is 0 Å². The SMILES string of the molecule is C[C@@H](CO)[C@H]1CCC2C(=O)CCC[C@@]21C. The van der Waals surface area contributed by atoms with Crippen LogP contribution in [0.3, 0.4) is 0 Å². The molecule has 2 nitrogen and oxygen atoms in total. The van der Waals surface area contributed by atoms with Crippen LogP contribution in [0.25, 0.3) is 0 Å². The maximum Gasteiger partial charge on any atom is 0.136 e. The molecular weight excluding hydrogens is 188 g/mol. The molecule has 2 aliphatic carbocycles. The first-order chi connectivity index (χ1) is 7.09. The number of rotatable bonds is 2. The van der Waals surface area contributed by atoms with Crippen LogP contribution in [0, 0.1) is 23.2 Å². The van der Waals surface area contributed by atoms with Crippen molar-refractivity contribution >= 4 is 5.78 Å². The first-order valence-electron chi connectivity index (χ1n) is 6.23. The normalized spacial score (nSPS) is 42.7. The van der Waals surface area contributed by atoms with E-state index in [1.165, 1.54) is 6.42 Å². The van der Waals surface area contributed by atoms with Gasteiger partial charge in [0.15, 0.2) is 0 Å². The summed E-state index contributed by atoms with van der Waals surface area (Å²) in [4.78, 5) is 11.9. The lowest BCUT2D eigenvalue weighted by atomic mass is 9.62. The molecule has 0 spiro atoms. The molecule has 2 heteroatoms. The zero-order valence-electron chi connectivity index (χ0n) is 9.83. The smallest absolute Gasteiger partial charge is 0.136 e. The molecular formula is C13H22O2. The highest BCUT2D eigenvalue weighted by Gasteiger charge is 2.52. The highest BCUT2D eigenvalue weighted by Crippen LogP contribution is 2.56. The van der Waals surface area contributed by atoms with Crippen LogP contribution in [0.5, 0.6) is 0 Å². The zero-order valence-corrected chi connectivity index (χ0v) is 9.83. The monoisotopic (exact) mass is 210 g/mol. The molecule has 2 rings (SSSR count). The van der Waals surface area contributed by atoms with E-state index in [1.54, 1.807) is 0 Å². The van der Waals surface area contributed by atoms with Gasteiger partial charge in [-0.1, -0.05) is 13.8 Å². The number of carbonyl (C=O) groups is 1. The van der Waals surface area contributed by atoms with Crippen molar-refractivity contribution in [3.63, 3.8) is 0 Å². The van der Waals surface area contributed by atoms with Crippen molar-refractivity contribution in [2.75, 3.05) is 6.61 Å². The van der Waals surface area contributed by atoms with Crippen LogP contribution in [0.1, 0.15) is 46.0 Å². The third-order valence-electron chi connectivity index (χ3n) is 4.91. The summed E-state index contributed by atoms with van der Waals surface area (Å²) in [6, 6.07) is 0. The molecule has 0 aromatic heterocycles. The summed E-state index contributed by atoms with van der Waals surface area (Å²) >= 11 is 0. The number of hydrogen-bond donors (Lipinski definition) is 1. The molecule has 0 bridgehead atoms. The molecule has 2 aliphatic rings. The lowest BCUT2D eigenvalue weighted by molar-refractivity contribution is -0.130. The molecule has 0 aromatic rings. The van der Waals surface area contributed by atoms with Gasteiger partial charge in [0.2, 0.25) is 0 Å². The van der Waals surface area contributed by atoms with Crippen LogP contribution in [0.15, 0.2) is 0 Å². The number of carbonyl (C=O) groups excluding carboxylic acids is 1. The Balaban J connectivity index is 2.21. The van der Waals surface area contributed by atoms with E-state index < -0.39 is 0 Å². The maximum absolute atomic E-state index is 11.9. The van der Waals surface area contributed by atoms with Gasteiger partial charge < -0.3 is 5.11 Å². The van der Waals surface area contributed by atoms with Crippen molar-refractivity contribution in [1.29, 1.82) is 0 Å². The Kier molecular flexibility index (Phi) is 2.89. The third kappa shape index (κ3) is 1.63. The molecule has 15 heavy (non-hydrogen) atoms. The van der Waals surface area contributed by atoms with Gasteiger partial charge in [-0.15, -0.1) is 0 Å². The van der Waals surface area contributed by atoms with Crippen LogP contribution >= 0.6 is 0 Å². The Morgan fingerprint density at radius 3 is 2.93 bits per heavy atom. The lowest BCUT2D eigenvalue weighted by Crippen LogP contribution is -2.39. The van der Waals surface area contributed by atoms with E-state index >= 15 is 0 Å². The third-order valence-corrected chi connectivity index (χ3v) is 4.91. The second-order valence-corrected chi connectivity index (χ2v) is 5.72. The number of ketones is 1. The second kappa shape index (κ2) is 3.89. The van der Waals surface area contributed by atoms with Crippen molar-refractivity contribution in [3.05, 3.63) is 0 Å². The molecule has 0 amide bonds. The standard InChI is InChI=1S/C13H22O2/c1-9(8-14)10-5-6-11-12(15)4-3-7-13(10,11)2/h9-11,14H,3-8H2,1-2H3/t9-,10+,11?,13+/m0/s1. The van der Waals surface area contributed by atoms with Gasteiger partial charge in [-0.3, -0.25) is 4.79 Å². The Bertz CT molecular complexity index is 261. The number of aliphatic hydroxyl groups is 1. The molecule has 4 atom stereocenters. The summed E-state index contributed by atoms with van der Waals surface area (Å²) in [7, 11) is 0. The fraction of sp³-hybridized carbons (Fsp3) is 0.923. The van der Waals surface area contributed by atoms with Gasteiger partial charge in [-0.25, -0.2) is 0 Å². The zero-order chi connectivity index (χ0) is 11.1. The molecule has 0 aromatic carbocycles. The summed E-state index contributed by atoms with van der Waals surface area (Å²) in [6.07, 6.45) is 5.22. The average molecular weight is 210 g/mol. The van der Waals surface area contributed by atoms with E-state index in [1.807, 2.05) is 0 Å². The van der Waals surface area contributed by atoms with E-state index in [-0.39, 0.29) is 12.0 Å². The molecule has 0 saturated heterocycles. The predicted octanol–water partition coefficient (Wildman–Crippen LogP) is 2.40. The summed E-state index contributed by atoms with van der Waals surface area (Å²) in [5, 5.41) is 9.28. The van der Waals surface area contributed by atoms with Crippen LogP contribution in [-0.2, 0) is 4.79 Å². The first-order valence-corrected chi connectivity index (χ1v) is 6.23. The average Bonchev–Trinajstić information content (AvgIpc) is 2.56. The second-order valence-electron chi connectivity index (χ2n) is 5.72. The Morgan fingerprint density at radius 1 is 1.53 bits per heavy atom. The Labute approximate surface area is 92.1 Å². The fourth-order valence-electron chi connectivity index (χ4n) is 4.03. The summed E-state index contributed by atoms with van der Waals surface area (Å²) < 4.78 is 0. The van der Waals surface area contributed by atoms with Gasteiger partial charge in [0.1, 0.15) is 5.78 Å². The lowest BCUT2D eigenvalue weighted by Gasteiger charge is -2.41. The van der Waals surface area contributed by atoms with Crippen molar-refractivity contribution in [1.82, 2.24) is 0 Å². The number of aliphatic hydroxyl groups excluding tert-OH is 1. The number of hydrogen-bond acceptors (Lipinski definition) is 2. The highest BCUT2D eigenvalue weighted by atomic mass is 16.3. The van der Waals surface area contributed by atoms with E-state index in [9.17, 15) is 9.90 Å². The minimum absolute atomic E-state index is 0.192. The van der Waals surface area contributed by atoms with E-state index in [0.29, 0.717) is 23.5 Å². The molecule has 0 heterocycles. The summed E-state index contributed by atoms with van der Waals surface area (Å²) in [5.41, 5.74) is 0.192. The van der Waals surface area contributed by atoms with E-state index in [0.717, 1.165) is 25.7 Å². The fourth-order valence-corrected chi connectivity index (χ4v) is 4.03. The van der Waals surface area contributed by atoms with Crippen molar-refractivity contribution in [2.24, 2.45) is 23.2 Å². The van der Waals surface area contributed by atoms with Crippen LogP contribution in [0.2, 0.25) is 0 Å². The topological polar surface area (TPSA) is 37.3 Å². The molecule has 0 aliphatic heterocycles. The molecule has 2 saturated carbocycles. The first kappa shape index (κ1) is 11.1. The largest absolute Gasteiger partial charge is 0.396 e. The predicted molar refractivity (Wildman–Crippen MR) is 59.4 cm³/mol. The van der Waals surface area contributed by atoms with Crippen LogP contribution < -0.4 is 0 Å². The Hall–Kier alpha value is -0.370. The number of Topliss-reactive ketones (excluding diaryl/α,β-unsaturated/α-hetero) is 1. The van der Waals surface area contributed by atoms with Gasteiger partial charge in [-0.2, -0.15) is 0 Å². The highest BCUT2D eigenvalue weighted by molar-refractivity contribution is 5.83. The summed E-state index contributed by atoms with van der Waals surface area (Å²) in [6.45, 7) is 4.66. The quantitative estimate of drug-likeness (QED) is 0.760. The Morgan fingerprint density at radius 2 is 2.27 bits per heavy atom. The van der Waals surface area contributed by atoms with Gasteiger partial charge in [0.25, 0.3) is 0 Å². The van der Waals surface area contributed by atoms with Crippen LogP contribution in [-0.4, -0.2) is 17.5 Å². The van der Waals surface area contributed by atoms with Gasteiger partial charge in [-0.05, 0) is 42.9 Å². The van der Waals surface area contributed by atoms with E-state index in [4.69, 9.17) is 0 Å². The minimum atomic E-state index is 0.192. The molecule has 2 fully saturated rings. The molecule has 1 unspecified atom stereocenters. The van der Waals surface area contributed by atoms with Crippen molar-refractivity contribution in [3.8, 4) is 0 Å². The maximum atomic E-state index is 11.9. The van der Waals surface area contributed by atoms with Crippen molar-refractivity contribution < 1.29 is 9.90 Å². The van der Waals surface area contributed by atoms with Gasteiger partial charge >= 0.3 is 0 Å². The van der Waals surface area contributed by atoms with Gasteiger partial charge in [0, 0.05) is 18.9 Å². The van der Waals surface area contributed by atoms with E-state index in [2.05, 4.69) is 13.8 Å². The number of fused-ring (bicyclic) bond motifs is 1. The molecule has 86 valence electrons. The van der Waals surface area contributed by atoms with Gasteiger partial charge in [0.05, 0.1) is 0 Å². The minimum Gasteiger partial charge on any atom is -0.396 e. The molecule has 1 N–H and O–H groups in total. The summed E-state index contributed by atoms with van der Waals surface area (Å²) in [5.74, 6) is 1.68.